The van der Waals surface area contributed by atoms with Crippen LogP contribution in [0.4, 0.5) is 0 Å². The molecule has 18 heavy (non-hydrogen) atoms. The Labute approximate surface area is 112 Å². The van der Waals surface area contributed by atoms with Crippen LogP contribution in [0.2, 0.25) is 0 Å². The summed E-state index contributed by atoms with van der Waals surface area (Å²) >= 11 is 2.84. The SMILES string of the molecule is CN1Sc2c(sc3ccccc23)C(=O)C1C(N)=O. The van der Waals surface area contributed by atoms with Crippen LogP contribution in [-0.2, 0) is 4.79 Å². The third-order valence-corrected chi connectivity index (χ3v) is 5.31. The predicted molar refractivity (Wildman–Crippen MR) is 72.8 cm³/mol. The van der Waals surface area contributed by atoms with Gasteiger partial charge in [0.15, 0.2) is 6.04 Å². The molecule has 0 bridgehead atoms. The predicted octanol–water partition coefficient (Wildman–Crippen LogP) is 1.89. The molecule has 1 atom stereocenters. The zero-order valence-electron chi connectivity index (χ0n) is 9.54. The molecule has 2 aromatic rings. The summed E-state index contributed by atoms with van der Waals surface area (Å²) in [5, 5.41) is 1.06. The Morgan fingerprint density at radius 2 is 2.11 bits per heavy atom. The maximum Gasteiger partial charge on any atom is 0.243 e. The molecule has 1 aliphatic rings. The molecule has 1 amide bonds. The number of nitrogens with two attached hydrogens (primary N) is 1. The van der Waals surface area contributed by atoms with E-state index < -0.39 is 11.9 Å². The van der Waals surface area contributed by atoms with Gasteiger partial charge in [0.1, 0.15) is 0 Å². The number of amides is 1. The minimum Gasteiger partial charge on any atom is -0.368 e. The highest BCUT2D eigenvalue weighted by atomic mass is 32.2. The van der Waals surface area contributed by atoms with Crippen molar-refractivity contribution < 1.29 is 9.59 Å². The number of nitrogens with zero attached hydrogens (tertiary/aromatic N) is 1. The van der Waals surface area contributed by atoms with E-state index in [1.165, 1.54) is 23.3 Å². The number of carbonyl (C=O) groups is 2. The quantitative estimate of drug-likeness (QED) is 0.639. The highest BCUT2D eigenvalue weighted by molar-refractivity contribution is 7.97. The third kappa shape index (κ3) is 1.57. The molecule has 92 valence electrons. The monoisotopic (exact) mass is 278 g/mol. The van der Waals surface area contributed by atoms with Crippen molar-refractivity contribution in [3.8, 4) is 0 Å². The van der Waals surface area contributed by atoms with Crippen molar-refractivity contribution in [1.82, 2.24) is 4.31 Å². The Morgan fingerprint density at radius 1 is 1.39 bits per heavy atom. The van der Waals surface area contributed by atoms with Crippen LogP contribution in [0, 0.1) is 0 Å². The van der Waals surface area contributed by atoms with E-state index in [4.69, 9.17) is 5.73 Å². The molecule has 0 aliphatic carbocycles. The van der Waals surface area contributed by atoms with Crippen LogP contribution in [0.1, 0.15) is 9.67 Å². The lowest BCUT2D eigenvalue weighted by atomic mass is 10.1. The maximum absolute atomic E-state index is 12.3. The Kier molecular flexibility index (Phi) is 2.65. The lowest BCUT2D eigenvalue weighted by Gasteiger charge is -2.27. The van der Waals surface area contributed by atoms with E-state index in [1.54, 1.807) is 11.4 Å². The first kappa shape index (κ1) is 11.7. The minimum absolute atomic E-state index is 0.194. The average molecular weight is 278 g/mol. The van der Waals surface area contributed by atoms with Gasteiger partial charge < -0.3 is 5.73 Å². The Morgan fingerprint density at radius 3 is 2.83 bits per heavy atom. The lowest BCUT2D eigenvalue weighted by Crippen LogP contribution is -2.46. The molecule has 6 heteroatoms. The normalized spacial score (nSPS) is 20.1. The van der Waals surface area contributed by atoms with Gasteiger partial charge in [0.05, 0.1) is 9.77 Å². The average Bonchev–Trinajstić information content (AvgIpc) is 2.68. The van der Waals surface area contributed by atoms with E-state index in [1.807, 2.05) is 24.3 Å². The van der Waals surface area contributed by atoms with Crippen LogP contribution in [0.3, 0.4) is 0 Å². The number of fused-ring (bicyclic) bond motifs is 3. The summed E-state index contributed by atoms with van der Waals surface area (Å²) < 4.78 is 2.69. The van der Waals surface area contributed by atoms with E-state index >= 15 is 0 Å². The van der Waals surface area contributed by atoms with E-state index in [-0.39, 0.29) is 5.78 Å². The second kappa shape index (κ2) is 4.08. The number of ketones is 1. The molecule has 0 spiro atoms. The number of thiophene rings is 1. The second-order valence-corrected chi connectivity index (χ2v) is 6.28. The molecule has 0 fully saturated rings. The molecular weight excluding hydrogens is 268 g/mol. The van der Waals surface area contributed by atoms with Gasteiger partial charge in [-0.2, -0.15) is 0 Å². The molecule has 0 radical (unpaired) electrons. The van der Waals surface area contributed by atoms with Crippen molar-refractivity contribution in [2.24, 2.45) is 5.73 Å². The highest BCUT2D eigenvalue weighted by Gasteiger charge is 2.38. The summed E-state index contributed by atoms with van der Waals surface area (Å²) in [6.07, 6.45) is 0. The summed E-state index contributed by atoms with van der Waals surface area (Å²) in [5.74, 6) is -0.793. The largest absolute Gasteiger partial charge is 0.368 e. The Balaban J connectivity index is 2.22. The minimum atomic E-state index is -0.865. The summed E-state index contributed by atoms with van der Waals surface area (Å²) in [6.45, 7) is 0. The van der Waals surface area contributed by atoms with Crippen molar-refractivity contribution in [2.45, 2.75) is 10.9 Å². The molecule has 0 saturated heterocycles. The highest BCUT2D eigenvalue weighted by Crippen LogP contribution is 2.43. The number of carbonyl (C=O) groups excluding carboxylic acids is 2. The molecule has 1 aromatic carbocycles. The number of rotatable bonds is 1. The van der Waals surface area contributed by atoms with Crippen LogP contribution < -0.4 is 5.73 Å². The summed E-state index contributed by atoms with van der Waals surface area (Å²) in [7, 11) is 1.72. The van der Waals surface area contributed by atoms with Gasteiger partial charge >= 0.3 is 0 Å². The fraction of sp³-hybridized carbons (Fsp3) is 0.167. The fourth-order valence-electron chi connectivity index (χ4n) is 2.07. The molecule has 0 saturated carbocycles. The first-order valence-electron chi connectivity index (χ1n) is 5.35. The fourth-order valence-corrected chi connectivity index (χ4v) is 4.48. The van der Waals surface area contributed by atoms with E-state index in [9.17, 15) is 9.59 Å². The number of Topliss-reactive ketones (excluding diaryl/α,β-unsaturated/α-hetero) is 1. The van der Waals surface area contributed by atoms with Gasteiger partial charge in [-0.15, -0.1) is 11.3 Å². The van der Waals surface area contributed by atoms with Gasteiger partial charge in [-0.25, -0.2) is 4.31 Å². The Bertz CT molecular complexity index is 665. The van der Waals surface area contributed by atoms with E-state index in [0.717, 1.165) is 15.0 Å². The van der Waals surface area contributed by atoms with Crippen molar-refractivity contribution in [1.29, 1.82) is 0 Å². The molecular formula is C12H10N2O2S2. The molecule has 3 rings (SSSR count). The number of hydrogen-bond donors (Lipinski definition) is 1. The smallest absolute Gasteiger partial charge is 0.243 e. The van der Waals surface area contributed by atoms with E-state index in [0.29, 0.717) is 4.88 Å². The first-order valence-corrected chi connectivity index (χ1v) is 6.94. The van der Waals surface area contributed by atoms with Crippen molar-refractivity contribution in [3.63, 3.8) is 0 Å². The molecule has 2 heterocycles. The van der Waals surface area contributed by atoms with Gasteiger partial charge in [0, 0.05) is 10.1 Å². The van der Waals surface area contributed by atoms with Gasteiger partial charge in [-0.3, -0.25) is 9.59 Å². The maximum atomic E-state index is 12.3. The van der Waals surface area contributed by atoms with Gasteiger partial charge in [0.2, 0.25) is 11.7 Å². The molecule has 1 aromatic heterocycles. The number of hydrogen-bond acceptors (Lipinski definition) is 5. The summed E-state index contributed by atoms with van der Waals surface area (Å²) in [4.78, 5) is 25.2. The van der Waals surface area contributed by atoms with Gasteiger partial charge in [0.25, 0.3) is 0 Å². The van der Waals surface area contributed by atoms with Crippen molar-refractivity contribution in [3.05, 3.63) is 29.1 Å². The topological polar surface area (TPSA) is 63.4 Å². The molecule has 1 unspecified atom stereocenters. The van der Waals surface area contributed by atoms with Crippen LogP contribution in [-0.4, -0.2) is 29.1 Å². The van der Waals surface area contributed by atoms with Gasteiger partial charge in [-0.05, 0) is 25.1 Å². The van der Waals surface area contributed by atoms with Crippen LogP contribution >= 0.6 is 23.3 Å². The summed E-state index contributed by atoms with van der Waals surface area (Å²) in [5.41, 5.74) is 5.29. The number of benzene rings is 1. The number of likely N-dealkylation sites (N-methyl/N-ethyl adjacent to an activating group) is 1. The first-order chi connectivity index (χ1) is 8.59. The summed E-state index contributed by atoms with van der Waals surface area (Å²) in [6, 6.07) is 6.99. The molecule has 4 nitrogen and oxygen atoms in total. The molecule has 1 aliphatic heterocycles. The lowest BCUT2D eigenvalue weighted by molar-refractivity contribution is -0.120. The standard InChI is InChI=1S/C12H10N2O2S2/c1-14-8(12(13)16)9(15)11-10(18-14)6-4-2-3-5-7(6)17-11/h2-5,8H,1H3,(H2,13,16). The second-order valence-electron chi connectivity index (χ2n) is 4.06. The van der Waals surface area contributed by atoms with Crippen LogP contribution in [0.15, 0.2) is 29.2 Å². The van der Waals surface area contributed by atoms with E-state index in [2.05, 4.69) is 0 Å². The Hall–Kier alpha value is -1.37. The molecule has 2 N–H and O–H groups in total. The number of primary amides is 1. The zero-order valence-corrected chi connectivity index (χ0v) is 11.2. The van der Waals surface area contributed by atoms with Crippen LogP contribution in [0.5, 0.6) is 0 Å². The van der Waals surface area contributed by atoms with Crippen molar-refractivity contribution in [2.75, 3.05) is 7.05 Å². The third-order valence-electron chi connectivity index (χ3n) is 2.89. The van der Waals surface area contributed by atoms with Crippen LogP contribution in [0.25, 0.3) is 10.1 Å². The zero-order chi connectivity index (χ0) is 12.9. The van der Waals surface area contributed by atoms with Gasteiger partial charge in [-0.1, -0.05) is 18.2 Å². The van der Waals surface area contributed by atoms with Crippen molar-refractivity contribution >= 4 is 45.1 Å².